The van der Waals surface area contributed by atoms with Crippen molar-refractivity contribution in [2.45, 2.75) is 64.1 Å². The highest BCUT2D eigenvalue weighted by Gasteiger charge is 2.42. The topological polar surface area (TPSA) is 21.6 Å². The Labute approximate surface area is 123 Å². The van der Waals surface area contributed by atoms with Gasteiger partial charge in [0.2, 0.25) is 8.32 Å². The fourth-order valence-electron chi connectivity index (χ4n) is 3.68. The molecule has 1 saturated carbocycles. The summed E-state index contributed by atoms with van der Waals surface area (Å²) in [6, 6.07) is 6.52. The fourth-order valence-corrected chi connectivity index (χ4v) is 4.52. The third-order valence-corrected chi connectivity index (χ3v) is 5.44. The number of benzene rings is 1. The molecule has 1 aromatic rings. The third-order valence-electron chi connectivity index (χ3n) is 4.60. The zero-order valence-electron chi connectivity index (χ0n) is 13.1. The molecule has 0 bridgehead atoms. The van der Waals surface area contributed by atoms with E-state index in [0.29, 0.717) is 0 Å². The predicted octanol–water partition coefficient (Wildman–Crippen LogP) is 5.21. The Morgan fingerprint density at radius 1 is 1.10 bits per heavy atom. The molecule has 1 fully saturated rings. The summed E-state index contributed by atoms with van der Waals surface area (Å²) in [5.74, 6) is 1.04. The van der Waals surface area contributed by atoms with Crippen LogP contribution in [-0.2, 0) is 5.41 Å². The summed E-state index contributed by atoms with van der Waals surface area (Å²) in [5.41, 5.74) is 4.13. The first-order valence-electron chi connectivity index (χ1n) is 7.80. The van der Waals surface area contributed by atoms with Crippen molar-refractivity contribution >= 4 is 19.7 Å². The molecule has 0 saturated heterocycles. The summed E-state index contributed by atoms with van der Waals surface area (Å²) < 4.78 is 6.18. The predicted molar refractivity (Wildman–Crippen MR) is 87.9 cm³/mol. The minimum Gasteiger partial charge on any atom is -0.544 e. The molecule has 3 rings (SSSR count). The quantitative estimate of drug-likeness (QED) is 0.684. The van der Waals surface area contributed by atoms with Crippen LogP contribution in [0.3, 0.4) is 0 Å². The molecule has 1 spiro atoms. The molecule has 20 heavy (non-hydrogen) atoms. The average Bonchev–Trinajstić information content (AvgIpc) is 2.63. The molecule has 0 N–H and O–H groups in total. The van der Waals surface area contributed by atoms with Gasteiger partial charge in [0, 0.05) is 11.1 Å². The smallest absolute Gasteiger partial charge is 0.242 e. The Morgan fingerprint density at radius 3 is 2.45 bits per heavy atom. The second-order valence-electron chi connectivity index (χ2n) is 7.23. The van der Waals surface area contributed by atoms with Gasteiger partial charge in [0.1, 0.15) is 5.75 Å². The summed E-state index contributed by atoms with van der Waals surface area (Å²) in [4.78, 5) is 4.84. The SMILES string of the molecule is CC1=Nc2ccc(O[Si](C)(C)C)cc2C12CCCCC2. The van der Waals surface area contributed by atoms with Crippen LogP contribution in [0.5, 0.6) is 5.75 Å². The van der Waals surface area contributed by atoms with E-state index in [-0.39, 0.29) is 5.41 Å². The average molecular weight is 287 g/mol. The molecule has 2 aliphatic rings. The summed E-state index contributed by atoms with van der Waals surface area (Å²) in [7, 11) is -1.55. The summed E-state index contributed by atoms with van der Waals surface area (Å²) >= 11 is 0. The van der Waals surface area contributed by atoms with E-state index in [1.807, 2.05) is 0 Å². The number of aliphatic imine (C=N–C) groups is 1. The van der Waals surface area contributed by atoms with E-state index in [9.17, 15) is 0 Å². The maximum Gasteiger partial charge on any atom is 0.242 e. The van der Waals surface area contributed by atoms with E-state index >= 15 is 0 Å². The lowest BCUT2D eigenvalue weighted by molar-refractivity contribution is 0.384. The van der Waals surface area contributed by atoms with E-state index in [0.717, 1.165) is 5.75 Å². The van der Waals surface area contributed by atoms with Crippen LogP contribution in [0, 0.1) is 0 Å². The Hall–Kier alpha value is -1.09. The van der Waals surface area contributed by atoms with Crippen molar-refractivity contribution < 1.29 is 4.43 Å². The van der Waals surface area contributed by atoms with Gasteiger partial charge >= 0.3 is 0 Å². The first-order valence-corrected chi connectivity index (χ1v) is 11.2. The molecular formula is C17H25NOSi. The lowest BCUT2D eigenvalue weighted by atomic mass is 9.68. The van der Waals surface area contributed by atoms with Crippen LogP contribution in [0.4, 0.5) is 5.69 Å². The molecule has 0 radical (unpaired) electrons. The Kier molecular flexibility index (Phi) is 3.28. The Morgan fingerprint density at radius 2 is 1.80 bits per heavy atom. The lowest BCUT2D eigenvalue weighted by Crippen LogP contribution is -2.34. The van der Waals surface area contributed by atoms with Crippen LogP contribution < -0.4 is 4.43 Å². The molecule has 0 aromatic heterocycles. The molecule has 3 heteroatoms. The van der Waals surface area contributed by atoms with Gasteiger partial charge in [-0.3, -0.25) is 4.99 Å². The zero-order chi connectivity index (χ0) is 14.4. The summed E-state index contributed by atoms with van der Waals surface area (Å²) in [5, 5.41) is 0. The number of hydrogen-bond acceptors (Lipinski definition) is 2. The second kappa shape index (κ2) is 4.73. The van der Waals surface area contributed by atoms with Gasteiger partial charge in [0.05, 0.1) is 5.69 Å². The number of hydrogen-bond donors (Lipinski definition) is 0. The van der Waals surface area contributed by atoms with E-state index in [1.165, 1.54) is 49.1 Å². The molecule has 2 nitrogen and oxygen atoms in total. The van der Waals surface area contributed by atoms with E-state index < -0.39 is 8.32 Å². The van der Waals surface area contributed by atoms with Crippen molar-refractivity contribution in [3.8, 4) is 5.75 Å². The molecular weight excluding hydrogens is 262 g/mol. The van der Waals surface area contributed by atoms with Gasteiger partial charge in [-0.2, -0.15) is 0 Å². The van der Waals surface area contributed by atoms with E-state index in [2.05, 4.69) is 44.8 Å². The second-order valence-corrected chi connectivity index (χ2v) is 11.7. The van der Waals surface area contributed by atoms with Crippen molar-refractivity contribution in [1.82, 2.24) is 0 Å². The highest BCUT2D eigenvalue weighted by molar-refractivity contribution is 6.70. The molecule has 0 unspecified atom stereocenters. The number of fused-ring (bicyclic) bond motifs is 2. The van der Waals surface area contributed by atoms with Gasteiger partial charge in [-0.05, 0) is 63.2 Å². The molecule has 1 aliphatic carbocycles. The highest BCUT2D eigenvalue weighted by Crippen LogP contribution is 2.50. The van der Waals surface area contributed by atoms with E-state index in [4.69, 9.17) is 9.42 Å². The zero-order valence-corrected chi connectivity index (χ0v) is 14.1. The van der Waals surface area contributed by atoms with Crippen LogP contribution in [0.2, 0.25) is 19.6 Å². The van der Waals surface area contributed by atoms with Gasteiger partial charge in [0.15, 0.2) is 0 Å². The van der Waals surface area contributed by atoms with Gasteiger partial charge in [-0.15, -0.1) is 0 Å². The van der Waals surface area contributed by atoms with Crippen LogP contribution in [-0.4, -0.2) is 14.0 Å². The van der Waals surface area contributed by atoms with Crippen LogP contribution in [0.25, 0.3) is 0 Å². The van der Waals surface area contributed by atoms with Gasteiger partial charge in [0.25, 0.3) is 0 Å². The Bertz CT molecular complexity index is 551. The fraction of sp³-hybridized carbons (Fsp3) is 0.588. The summed E-state index contributed by atoms with van der Waals surface area (Å²) in [6.45, 7) is 8.92. The summed E-state index contributed by atoms with van der Waals surface area (Å²) in [6.07, 6.45) is 6.53. The minimum atomic E-state index is -1.55. The monoisotopic (exact) mass is 287 g/mol. The molecule has 0 amide bonds. The number of rotatable bonds is 2. The first kappa shape index (κ1) is 13.9. The standard InChI is InChI=1S/C17H25NOSi/c1-13-17(10-6-5-7-11-17)15-12-14(19-20(2,3)4)8-9-16(15)18-13/h8-9,12H,5-7,10-11H2,1-4H3. The van der Waals surface area contributed by atoms with Crippen molar-refractivity contribution in [2.24, 2.45) is 4.99 Å². The van der Waals surface area contributed by atoms with Crippen molar-refractivity contribution in [3.05, 3.63) is 23.8 Å². The van der Waals surface area contributed by atoms with Gasteiger partial charge < -0.3 is 4.43 Å². The first-order chi connectivity index (χ1) is 9.41. The molecule has 108 valence electrons. The van der Waals surface area contributed by atoms with E-state index in [1.54, 1.807) is 0 Å². The maximum absolute atomic E-state index is 6.18. The Balaban J connectivity index is 1.99. The minimum absolute atomic E-state index is 0.215. The maximum atomic E-state index is 6.18. The van der Waals surface area contributed by atoms with Crippen LogP contribution in [0.1, 0.15) is 44.6 Å². The van der Waals surface area contributed by atoms with Gasteiger partial charge in [-0.25, -0.2) is 0 Å². The van der Waals surface area contributed by atoms with Crippen LogP contribution >= 0.6 is 0 Å². The van der Waals surface area contributed by atoms with Crippen LogP contribution in [0.15, 0.2) is 23.2 Å². The van der Waals surface area contributed by atoms with Gasteiger partial charge in [-0.1, -0.05) is 19.3 Å². The lowest BCUT2D eigenvalue weighted by Gasteiger charge is -2.35. The number of nitrogens with zero attached hydrogens (tertiary/aromatic N) is 1. The van der Waals surface area contributed by atoms with Crippen molar-refractivity contribution in [2.75, 3.05) is 0 Å². The largest absolute Gasteiger partial charge is 0.544 e. The highest BCUT2D eigenvalue weighted by atomic mass is 28.4. The normalized spacial score (nSPS) is 20.7. The third kappa shape index (κ3) is 2.32. The molecule has 1 aromatic carbocycles. The molecule has 1 aliphatic heterocycles. The van der Waals surface area contributed by atoms with Crippen molar-refractivity contribution in [1.29, 1.82) is 0 Å². The molecule has 1 heterocycles. The molecule has 0 atom stereocenters. The van der Waals surface area contributed by atoms with Crippen molar-refractivity contribution in [3.63, 3.8) is 0 Å².